The lowest BCUT2D eigenvalue weighted by molar-refractivity contribution is -0.140. The highest BCUT2D eigenvalue weighted by Gasteiger charge is 2.52. The van der Waals surface area contributed by atoms with Gasteiger partial charge in [-0.05, 0) is 55.0 Å². The molecule has 0 unspecified atom stereocenters. The third-order valence-electron chi connectivity index (χ3n) is 8.80. The number of rotatable bonds is 6. The number of piperidine rings is 1. The third kappa shape index (κ3) is 4.43. The van der Waals surface area contributed by atoms with Gasteiger partial charge in [0.25, 0.3) is 5.91 Å². The van der Waals surface area contributed by atoms with Crippen LogP contribution in [0.25, 0.3) is 22.1 Å². The summed E-state index contributed by atoms with van der Waals surface area (Å²) in [5.74, 6) is 1.22. The average Bonchev–Trinajstić information content (AvgIpc) is 3.61. The SMILES string of the molecule is CS(=O)(=O)N1CCC2(CC1)N=C(c1ccc(-c3ccc4occc4c3)cc1)N(CC1CN(C(=O)C3CC3)C1)C2=O. The molecule has 3 aromatic rings. The largest absolute Gasteiger partial charge is 0.464 e. The zero-order valence-electron chi connectivity index (χ0n) is 22.5. The van der Waals surface area contributed by atoms with E-state index >= 15 is 0 Å². The van der Waals surface area contributed by atoms with Crippen LogP contribution in [0.1, 0.15) is 31.2 Å². The van der Waals surface area contributed by atoms with E-state index in [1.807, 2.05) is 47.4 Å². The Labute approximate surface area is 233 Å². The number of amides is 2. The topological polar surface area (TPSA) is 104 Å². The number of aliphatic imine (C=N–C) groups is 1. The van der Waals surface area contributed by atoms with Gasteiger partial charge in [0.1, 0.15) is 17.0 Å². The molecule has 0 bridgehead atoms. The van der Waals surface area contributed by atoms with Crippen molar-refractivity contribution in [3.63, 3.8) is 0 Å². The summed E-state index contributed by atoms with van der Waals surface area (Å²) in [6.07, 6.45) is 5.58. The van der Waals surface area contributed by atoms with Crippen molar-refractivity contribution >= 4 is 38.6 Å². The van der Waals surface area contributed by atoms with Gasteiger partial charge in [0.15, 0.2) is 0 Å². The molecular weight excluding hydrogens is 528 g/mol. The van der Waals surface area contributed by atoms with Crippen LogP contribution in [0.3, 0.4) is 0 Å². The summed E-state index contributed by atoms with van der Waals surface area (Å²) >= 11 is 0. The maximum Gasteiger partial charge on any atom is 0.256 e. The molecule has 1 aliphatic carbocycles. The molecule has 4 aliphatic rings. The number of furan rings is 1. The second kappa shape index (κ2) is 9.27. The average molecular weight is 561 g/mol. The Morgan fingerprint density at radius 3 is 2.35 bits per heavy atom. The van der Waals surface area contributed by atoms with Gasteiger partial charge in [-0.3, -0.25) is 19.5 Å². The van der Waals surface area contributed by atoms with Crippen molar-refractivity contribution in [3.05, 3.63) is 60.4 Å². The van der Waals surface area contributed by atoms with E-state index in [-0.39, 0.29) is 36.7 Å². The standard InChI is InChI=1S/C30H32N4O5S/c1-40(37,38)33-13-11-30(12-14-33)29(36)34(19-20-17-32(18-20)28(35)23-6-7-23)27(31-30)22-4-2-21(3-5-22)24-8-9-26-25(16-24)10-15-39-26/h2-5,8-10,15-16,20,23H,6-7,11-14,17-19H2,1H3. The number of nitrogens with zero attached hydrogens (tertiary/aromatic N) is 4. The first-order chi connectivity index (χ1) is 19.2. The maximum atomic E-state index is 14.0. The number of hydrogen-bond donors (Lipinski definition) is 0. The van der Waals surface area contributed by atoms with E-state index in [1.165, 1.54) is 10.6 Å². The van der Waals surface area contributed by atoms with Crippen LogP contribution in [0.4, 0.5) is 0 Å². The lowest BCUT2D eigenvalue weighted by atomic mass is 9.88. The van der Waals surface area contributed by atoms with Crippen LogP contribution in [0.5, 0.6) is 0 Å². The Bertz CT molecular complexity index is 1630. The van der Waals surface area contributed by atoms with Crippen molar-refractivity contribution in [2.24, 2.45) is 16.8 Å². The van der Waals surface area contributed by atoms with Gasteiger partial charge < -0.3 is 9.32 Å². The maximum absolute atomic E-state index is 14.0. The van der Waals surface area contributed by atoms with Crippen LogP contribution in [0.15, 0.2) is 64.2 Å². The number of benzene rings is 2. The fourth-order valence-electron chi connectivity index (χ4n) is 6.23. The summed E-state index contributed by atoms with van der Waals surface area (Å²) in [5, 5.41) is 1.04. The van der Waals surface area contributed by atoms with Crippen LogP contribution in [-0.2, 0) is 19.6 Å². The first kappa shape index (κ1) is 25.5. The Morgan fingerprint density at radius 1 is 1.00 bits per heavy atom. The summed E-state index contributed by atoms with van der Waals surface area (Å²) < 4.78 is 31.1. The number of carbonyl (C=O) groups excluding carboxylic acids is 2. The van der Waals surface area contributed by atoms with Gasteiger partial charge in [0, 0.05) is 55.5 Å². The summed E-state index contributed by atoms with van der Waals surface area (Å²) in [6, 6.07) is 16.1. The van der Waals surface area contributed by atoms with Gasteiger partial charge >= 0.3 is 0 Å². The first-order valence-electron chi connectivity index (χ1n) is 13.9. The molecule has 2 saturated heterocycles. The molecule has 10 heteroatoms. The van der Waals surface area contributed by atoms with Crippen molar-refractivity contribution < 1.29 is 22.4 Å². The minimum absolute atomic E-state index is 0.0582. The van der Waals surface area contributed by atoms with Crippen molar-refractivity contribution in [2.45, 2.75) is 31.2 Å². The second-order valence-electron chi connectivity index (χ2n) is 11.7. The minimum atomic E-state index is -3.32. The van der Waals surface area contributed by atoms with Crippen LogP contribution in [-0.4, -0.2) is 84.7 Å². The van der Waals surface area contributed by atoms with Gasteiger partial charge in [0.05, 0.1) is 12.5 Å². The summed E-state index contributed by atoms with van der Waals surface area (Å²) in [6.45, 7) is 2.38. The molecule has 4 heterocycles. The van der Waals surface area contributed by atoms with E-state index in [1.54, 1.807) is 11.2 Å². The number of likely N-dealkylation sites (tertiary alicyclic amines) is 1. The number of hydrogen-bond acceptors (Lipinski definition) is 6. The van der Waals surface area contributed by atoms with Crippen molar-refractivity contribution in [1.82, 2.24) is 14.1 Å². The normalized spacial score (nSPS) is 21.7. The quantitative estimate of drug-likeness (QED) is 0.460. The van der Waals surface area contributed by atoms with Gasteiger partial charge in [-0.1, -0.05) is 30.3 Å². The molecule has 9 nitrogen and oxygen atoms in total. The number of fused-ring (bicyclic) bond motifs is 1. The molecule has 7 rings (SSSR count). The highest BCUT2D eigenvalue weighted by molar-refractivity contribution is 7.88. The van der Waals surface area contributed by atoms with Crippen LogP contribution in [0.2, 0.25) is 0 Å². The lowest BCUT2D eigenvalue weighted by Gasteiger charge is -2.42. The Morgan fingerprint density at radius 2 is 1.68 bits per heavy atom. The highest BCUT2D eigenvalue weighted by Crippen LogP contribution is 2.38. The zero-order chi connectivity index (χ0) is 27.6. The Kier molecular flexibility index (Phi) is 5.90. The molecule has 40 heavy (non-hydrogen) atoms. The minimum Gasteiger partial charge on any atom is -0.464 e. The fourth-order valence-corrected chi connectivity index (χ4v) is 7.08. The molecule has 2 aromatic carbocycles. The van der Waals surface area contributed by atoms with Gasteiger partial charge in [0.2, 0.25) is 15.9 Å². The fraction of sp³-hybridized carbons (Fsp3) is 0.433. The molecule has 208 valence electrons. The molecule has 1 aromatic heterocycles. The van der Waals surface area contributed by atoms with Crippen molar-refractivity contribution in [1.29, 1.82) is 0 Å². The number of amidine groups is 1. The van der Waals surface area contributed by atoms with Crippen molar-refractivity contribution in [3.8, 4) is 11.1 Å². The van der Waals surface area contributed by atoms with Crippen LogP contribution >= 0.6 is 0 Å². The molecule has 3 aliphatic heterocycles. The van der Waals surface area contributed by atoms with E-state index in [9.17, 15) is 18.0 Å². The first-order valence-corrected chi connectivity index (χ1v) is 15.8. The van der Waals surface area contributed by atoms with E-state index in [4.69, 9.17) is 9.41 Å². The van der Waals surface area contributed by atoms with E-state index in [0.29, 0.717) is 38.3 Å². The molecule has 0 N–H and O–H groups in total. The predicted molar refractivity (Wildman–Crippen MR) is 151 cm³/mol. The molecule has 2 amide bonds. The summed E-state index contributed by atoms with van der Waals surface area (Å²) in [4.78, 5) is 35.2. The van der Waals surface area contributed by atoms with Gasteiger partial charge in [-0.15, -0.1) is 0 Å². The van der Waals surface area contributed by atoms with E-state index in [0.717, 1.165) is 40.5 Å². The van der Waals surface area contributed by atoms with Crippen LogP contribution < -0.4 is 0 Å². The van der Waals surface area contributed by atoms with Gasteiger partial charge in [-0.25, -0.2) is 12.7 Å². The van der Waals surface area contributed by atoms with Crippen LogP contribution in [0, 0.1) is 11.8 Å². The molecule has 0 radical (unpaired) electrons. The third-order valence-corrected chi connectivity index (χ3v) is 10.1. The molecular formula is C30H32N4O5S. The van der Waals surface area contributed by atoms with E-state index in [2.05, 4.69) is 6.07 Å². The molecule has 0 atom stereocenters. The van der Waals surface area contributed by atoms with Gasteiger partial charge in [-0.2, -0.15) is 0 Å². The number of carbonyl (C=O) groups is 2. The zero-order valence-corrected chi connectivity index (χ0v) is 23.3. The Balaban J connectivity index is 1.15. The second-order valence-corrected chi connectivity index (χ2v) is 13.7. The smallest absolute Gasteiger partial charge is 0.256 e. The van der Waals surface area contributed by atoms with Crippen molar-refractivity contribution in [2.75, 3.05) is 39.0 Å². The Hall–Kier alpha value is -3.50. The summed E-state index contributed by atoms with van der Waals surface area (Å²) in [5.41, 5.74) is 2.87. The lowest BCUT2D eigenvalue weighted by Crippen LogP contribution is -2.57. The molecule has 1 spiro atoms. The summed E-state index contributed by atoms with van der Waals surface area (Å²) in [7, 11) is -3.32. The monoisotopic (exact) mass is 560 g/mol. The van der Waals surface area contributed by atoms with E-state index < -0.39 is 15.6 Å². The molecule has 1 saturated carbocycles. The number of sulfonamides is 1. The highest BCUT2D eigenvalue weighted by atomic mass is 32.2. The predicted octanol–water partition coefficient (Wildman–Crippen LogP) is 3.35. The molecule has 3 fully saturated rings.